The monoisotopic (exact) mass is 246 g/mol. The number of hydrogen-bond donors (Lipinski definition) is 2. The Balaban J connectivity index is 2.62. The number of rotatable bonds is 6. The summed E-state index contributed by atoms with van der Waals surface area (Å²) < 4.78 is 18.1. The fourth-order valence-electron chi connectivity index (χ4n) is 1.38. The van der Waals surface area contributed by atoms with Crippen LogP contribution in [0.25, 0.3) is 0 Å². The summed E-state index contributed by atoms with van der Waals surface area (Å²) in [5.41, 5.74) is 3.50. The molecule has 0 aromatic heterocycles. The third-order valence-electron chi connectivity index (χ3n) is 2.24. The number of hydrogen-bond acceptors (Lipinski definition) is 3. The van der Waals surface area contributed by atoms with Gasteiger partial charge in [0.05, 0.1) is 6.61 Å². The average molecular weight is 247 g/mol. The van der Waals surface area contributed by atoms with E-state index in [1.54, 1.807) is 6.07 Å². The molecule has 1 aromatic rings. The molecule has 0 aliphatic heterocycles. The quantitative estimate of drug-likeness (QED) is 0.595. The summed E-state index contributed by atoms with van der Waals surface area (Å²) in [7, 11) is 0. The lowest BCUT2D eigenvalue weighted by Crippen LogP contribution is -2.40. The van der Waals surface area contributed by atoms with Gasteiger partial charge in [-0.1, -0.05) is 17.7 Å². The Morgan fingerprint density at radius 3 is 2.88 bits per heavy atom. The van der Waals surface area contributed by atoms with Gasteiger partial charge in [-0.25, -0.2) is 4.39 Å². The molecule has 0 spiro atoms. The molecule has 90 valence electrons. The first-order chi connectivity index (χ1) is 7.67. The summed E-state index contributed by atoms with van der Waals surface area (Å²) in [6.45, 7) is 3.05. The number of halogens is 2. The fourth-order valence-corrected chi connectivity index (χ4v) is 1.62. The Hall–Kier alpha value is -0.680. The van der Waals surface area contributed by atoms with Gasteiger partial charge in [-0.2, -0.15) is 0 Å². The molecule has 1 aromatic carbocycles. The van der Waals surface area contributed by atoms with E-state index in [2.05, 4.69) is 5.43 Å². The van der Waals surface area contributed by atoms with E-state index >= 15 is 0 Å². The lowest BCUT2D eigenvalue weighted by molar-refractivity contribution is 0.123. The van der Waals surface area contributed by atoms with Crippen LogP contribution in [0, 0.1) is 5.82 Å². The maximum absolute atomic E-state index is 12.8. The van der Waals surface area contributed by atoms with E-state index in [9.17, 15) is 4.39 Å². The van der Waals surface area contributed by atoms with Gasteiger partial charge in [-0.05, 0) is 31.0 Å². The molecule has 0 saturated heterocycles. The zero-order valence-electron chi connectivity index (χ0n) is 9.17. The van der Waals surface area contributed by atoms with Crippen LogP contribution in [0.5, 0.6) is 0 Å². The van der Waals surface area contributed by atoms with Gasteiger partial charge in [0, 0.05) is 17.7 Å². The van der Waals surface area contributed by atoms with Crippen molar-refractivity contribution in [1.82, 2.24) is 5.43 Å². The molecule has 1 unspecified atom stereocenters. The van der Waals surface area contributed by atoms with Crippen molar-refractivity contribution in [1.29, 1.82) is 0 Å². The molecular formula is C11H16ClFN2O. The first-order valence-electron chi connectivity index (χ1n) is 5.15. The molecule has 1 atom stereocenters. The highest BCUT2D eigenvalue weighted by Crippen LogP contribution is 2.18. The van der Waals surface area contributed by atoms with Gasteiger partial charge in [-0.15, -0.1) is 0 Å². The molecule has 0 bridgehead atoms. The predicted octanol–water partition coefficient (Wildman–Crippen LogP) is 1.89. The minimum absolute atomic E-state index is 0.0251. The largest absolute Gasteiger partial charge is 0.380 e. The minimum Gasteiger partial charge on any atom is -0.380 e. The molecule has 3 nitrogen and oxygen atoms in total. The van der Waals surface area contributed by atoms with Gasteiger partial charge in [-0.3, -0.25) is 11.3 Å². The molecule has 0 aliphatic rings. The Labute approximate surface area is 99.7 Å². The van der Waals surface area contributed by atoms with E-state index in [1.165, 1.54) is 12.1 Å². The zero-order valence-corrected chi connectivity index (χ0v) is 9.93. The molecule has 0 amide bonds. The van der Waals surface area contributed by atoms with Crippen molar-refractivity contribution in [3.63, 3.8) is 0 Å². The van der Waals surface area contributed by atoms with Crippen LogP contribution in [0.4, 0.5) is 4.39 Å². The van der Waals surface area contributed by atoms with Gasteiger partial charge in [0.25, 0.3) is 0 Å². The van der Waals surface area contributed by atoms with E-state index in [1.807, 2.05) is 6.92 Å². The number of hydrazine groups is 1. The molecule has 16 heavy (non-hydrogen) atoms. The van der Waals surface area contributed by atoms with E-state index in [0.29, 0.717) is 24.7 Å². The lowest BCUT2D eigenvalue weighted by Gasteiger charge is -2.16. The summed E-state index contributed by atoms with van der Waals surface area (Å²) >= 11 is 5.92. The molecule has 0 radical (unpaired) electrons. The normalized spacial score (nSPS) is 12.8. The van der Waals surface area contributed by atoms with Gasteiger partial charge in [0.1, 0.15) is 5.82 Å². The van der Waals surface area contributed by atoms with Gasteiger partial charge >= 0.3 is 0 Å². The maximum atomic E-state index is 12.8. The standard InChI is InChI=1S/C11H16ClFN2O/c1-2-16-7-10(15-14)5-8-3-4-9(13)6-11(8)12/h3-4,6,10,15H,2,5,7,14H2,1H3. The van der Waals surface area contributed by atoms with Crippen LogP contribution < -0.4 is 11.3 Å². The first kappa shape index (κ1) is 13.4. The number of nitrogens with two attached hydrogens (primary N) is 1. The van der Waals surface area contributed by atoms with Crippen molar-refractivity contribution < 1.29 is 9.13 Å². The second kappa shape index (κ2) is 6.81. The smallest absolute Gasteiger partial charge is 0.124 e. The van der Waals surface area contributed by atoms with Crippen molar-refractivity contribution in [2.45, 2.75) is 19.4 Å². The van der Waals surface area contributed by atoms with Crippen molar-refractivity contribution in [2.75, 3.05) is 13.2 Å². The summed E-state index contributed by atoms with van der Waals surface area (Å²) in [6, 6.07) is 4.32. The molecule has 1 rings (SSSR count). The highest BCUT2D eigenvalue weighted by molar-refractivity contribution is 6.31. The van der Waals surface area contributed by atoms with Gasteiger partial charge in [0.15, 0.2) is 0 Å². The lowest BCUT2D eigenvalue weighted by atomic mass is 10.1. The maximum Gasteiger partial charge on any atom is 0.124 e. The Bertz CT molecular complexity index is 336. The van der Waals surface area contributed by atoms with Crippen LogP contribution in [-0.2, 0) is 11.2 Å². The highest BCUT2D eigenvalue weighted by atomic mass is 35.5. The molecular weight excluding hydrogens is 231 g/mol. The fraction of sp³-hybridized carbons (Fsp3) is 0.455. The number of benzene rings is 1. The van der Waals surface area contributed by atoms with Crippen LogP contribution in [0.3, 0.4) is 0 Å². The Kier molecular flexibility index (Phi) is 5.69. The second-order valence-electron chi connectivity index (χ2n) is 3.46. The van der Waals surface area contributed by atoms with Gasteiger partial charge < -0.3 is 4.74 Å². The predicted molar refractivity (Wildman–Crippen MR) is 62.7 cm³/mol. The molecule has 0 aliphatic carbocycles. The third-order valence-corrected chi connectivity index (χ3v) is 2.59. The van der Waals surface area contributed by atoms with E-state index in [0.717, 1.165) is 5.56 Å². The van der Waals surface area contributed by atoms with E-state index in [4.69, 9.17) is 22.2 Å². The minimum atomic E-state index is -0.337. The van der Waals surface area contributed by atoms with Crippen LogP contribution in [-0.4, -0.2) is 19.3 Å². The second-order valence-corrected chi connectivity index (χ2v) is 3.87. The molecule has 0 heterocycles. The van der Waals surface area contributed by atoms with Gasteiger partial charge in [0.2, 0.25) is 0 Å². The van der Waals surface area contributed by atoms with Crippen molar-refractivity contribution in [3.05, 3.63) is 34.6 Å². The topological polar surface area (TPSA) is 47.3 Å². The van der Waals surface area contributed by atoms with Crippen LogP contribution in [0.2, 0.25) is 5.02 Å². The van der Waals surface area contributed by atoms with Crippen molar-refractivity contribution >= 4 is 11.6 Å². The molecule has 3 N–H and O–H groups in total. The SMILES string of the molecule is CCOCC(Cc1ccc(F)cc1Cl)NN. The molecule has 0 fully saturated rings. The summed E-state index contributed by atoms with van der Waals surface area (Å²) in [5, 5.41) is 0.414. The first-order valence-corrected chi connectivity index (χ1v) is 5.53. The molecule has 0 saturated carbocycles. The average Bonchev–Trinajstić information content (AvgIpc) is 2.27. The Morgan fingerprint density at radius 1 is 1.56 bits per heavy atom. The highest BCUT2D eigenvalue weighted by Gasteiger charge is 2.10. The number of ether oxygens (including phenoxy) is 1. The summed E-state index contributed by atoms with van der Waals surface area (Å²) in [4.78, 5) is 0. The van der Waals surface area contributed by atoms with Crippen molar-refractivity contribution in [2.24, 2.45) is 5.84 Å². The summed E-state index contributed by atoms with van der Waals surface area (Å²) in [6.07, 6.45) is 0.607. The number of nitrogens with one attached hydrogen (secondary N) is 1. The van der Waals surface area contributed by atoms with Crippen molar-refractivity contribution in [3.8, 4) is 0 Å². The molecule has 5 heteroatoms. The zero-order chi connectivity index (χ0) is 12.0. The van der Waals surface area contributed by atoms with E-state index < -0.39 is 0 Å². The van der Waals surface area contributed by atoms with Crippen LogP contribution in [0.1, 0.15) is 12.5 Å². The van der Waals surface area contributed by atoms with E-state index in [-0.39, 0.29) is 11.9 Å². The van der Waals surface area contributed by atoms with Crippen LogP contribution >= 0.6 is 11.6 Å². The van der Waals surface area contributed by atoms with Crippen LogP contribution in [0.15, 0.2) is 18.2 Å². The Morgan fingerprint density at radius 2 is 2.31 bits per heavy atom. The summed E-state index contributed by atoms with van der Waals surface area (Å²) in [5.74, 6) is 5.06. The third kappa shape index (κ3) is 4.06.